The average Bonchev–Trinajstić information content (AvgIpc) is 3.22. The van der Waals surface area contributed by atoms with Crippen molar-refractivity contribution in [2.24, 2.45) is 0 Å². The normalized spacial score (nSPS) is 12.3. The third-order valence-corrected chi connectivity index (χ3v) is 6.10. The zero-order chi connectivity index (χ0) is 20.0. The largest absolute Gasteiger partial charge is 0.468 e. The third kappa shape index (κ3) is 4.77. The summed E-state index contributed by atoms with van der Waals surface area (Å²) in [6.07, 6.45) is 0.589. The van der Waals surface area contributed by atoms with E-state index in [1.165, 1.54) is 24.5 Å². The second kappa shape index (κ2) is 8.71. The molecule has 1 N–H and O–H groups in total. The molecule has 0 unspecified atom stereocenters. The van der Waals surface area contributed by atoms with Crippen LogP contribution >= 0.6 is 0 Å². The van der Waals surface area contributed by atoms with Gasteiger partial charge >= 0.3 is 6.09 Å². The molecule has 0 aliphatic carbocycles. The van der Waals surface area contributed by atoms with Crippen LogP contribution in [0.5, 0.6) is 0 Å². The molecule has 146 valence electrons. The fourth-order valence-electron chi connectivity index (χ4n) is 2.58. The number of amides is 1. The quantitative estimate of drug-likeness (QED) is 0.606. The Balaban J connectivity index is 1.71. The van der Waals surface area contributed by atoms with Gasteiger partial charge < -0.3 is 14.5 Å². The van der Waals surface area contributed by atoms with Crippen molar-refractivity contribution in [3.05, 3.63) is 90.1 Å². The van der Waals surface area contributed by atoms with Gasteiger partial charge in [0.05, 0.1) is 11.2 Å². The van der Waals surface area contributed by atoms with Crippen molar-refractivity contribution in [3.8, 4) is 0 Å². The van der Waals surface area contributed by atoms with Crippen LogP contribution in [0.1, 0.15) is 16.6 Å². The maximum Gasteiger partial charge on any atom is 0.407 e. The monoisotopic (exact) mass is 403 g/mol. The number of sulfone groups is 1. The van der Waals surface area contributed by atoms with Gasteiger partial charge in [0.1, 0.15) is 23.4 Å². The molecule has 8 heteroatoms. The second-order valence-corrected chi connectivity index (χ2v) is 8.08. The molecule has 2 aromatic carbocycles. The molecular weight excluding hydrogens is 385 g/mol. The van der Waals surface area contributed by atoms with Crippen LogP contribution in [0.15, 0.2) is 82.3 Å². The fraction of sp³-hybridized carbons (Fsp3) is 0.150. The summed E-state index contributed by atoms with van der Waals surface area (Å²) in [6, 6.07) is 16.6. The first-order valence-electron chi connectivity index (χ1n) is 8.44. The summed E-state index contributed by atoms with van der Waals surface area (Å²) >= 11 is 0. The number of ether oxygens (including phenoxy) is 1. The highest BCUT2D eigenvalue weighted by Gasteiger charge is 2.32. The molecule has 1 atom stereocenters. The van der Waals surface area contributed by atoms with Crippen LogP contribution in [-0.4, -0.2) is 21.1 Å². The van der Waals surface area contributed by atoms with Crippen molar-refractivity contribution in [3.63, 3.8) is 0 Å². The van der Waals surface area contributed by atoms with Crippen LogP contribution < -0.4 is 5.32 Å². The Hall–Kier alpha value is -3.13. The number of halogens is 1. The Kier molecular flexibility index (Phi) is 6.10. The summed E-state index contributed by atoms with van der Waals surface area (Å²) in [7, 11) is -3.93. The van der Waals surface area contributed by atoms with E-state index in [1.54, 1.807) is 18.2 Å². The standard InChI is InChI=1S/C20H18FNO5S/c21-16-8-10-17(11-9-16)28(24,25)19(18-7-4-12-26-18)13-22-20(23)27-14-15-5-2-1-3-6-15/h1-12,19H,13-14H2,(H,22,23)/t19-/m1/s1. The molecule has 0 fully saturated rings. The second-order valence-electron chi connectivity index (χ2n) is 5.95. The van der Waals surface area contributed by atoms with Crippen LogP contribution in [0.2, 0.25) is 0 Å². The number of carbonyl (C=O) groups is 1. The van der Waals surface area contributed by atoms with Crippen molar-refractivity contribution >= 4 is 15.9 Å². The van der Waals surface area contributed by atoms with E-state index in [-0.39, 0.29) is 23.8 Å². The van der Waals surface area contributed by atoms with Crippen molar-refractivity contribution in [1.82, 2.24) is 5.32 Å². The minimum atomic E-state index is -3.93. The Morgan fingerprint density at radius 1 is 1.04 bits per heavy atom. The molecule has 1 amide bonds. The fourth-order valence-corrected chi connectivity index (χ4v) is 4.16. The van der Waals surface area contributed by atoms with Gasteiger partial charge in [0.2, 0.25) is 0 Å². The first kappa shape index (κ1) is 19.6. The smallest absolute Gasteiger partial charge is 0.407 e. The number of hydrogen-bond donors (Lipinski definition) is 1. The lowest BCUT2D eigenvalue weighted by Gasteiger charge is -2.16. The van der Waals surface area contributed by atoms with Crippen LogP contribution in [0.4, 0.5) is 9.18 Å². The molecule has 0 radical (unpaired) electrons. The highest BCUT2D eigenvalue weighted by atomic mass is 32.2. The molecule has 0 aliphatic heterocycles. The summed E-state index contributed by atoms with van der Waals surface area (Å²) < 4.78 is 49.4. The van der Waals surface area contributed by atoms with Gasteiger partial charge in [-0.15, -0.1) is 0 Å². The van der Waals surface area contributed by atoms with Gasteiger partial charge in [-0.2, -0.15) is 0 Å². The number of alkyl carbamates (subject to hydrolysis) is 1. The highest BCUT2D eigenvalue weighted by molar-refractivity contribution is 7.91. The first-order valence-corrected chi connectivity index (χ1v) is 9.99. The number of rotatable bonds is 7. The summed E-state index contributed by atoms with van der Waals surface area (Å²) in [5.41, 5.74) is 0.805. The van der Waals surface area contributed by atoms with Gasteiger partial charge in [-0.05, 0) is 42.0 Å². The summed E-state index contributed by atoms with van der Waals surface area (Å²) in [5.74, 6) is -0.385. The maximum atomic E-state index is 13.1. The summed E-state index contributed by atoms with van der Waals surface area (Å²) in [4.78, 5) is 11.9. The lowest BCUT2D eigenvalue weighted by atomic mass is 10.2. The number of carbonyl (C=O) groups excluding carboxylic acids is 1. The first-order chi connectivity index (χ1) is 13.5. The van der Waals surface area contributed by atoms with Crippen molar-refractivity contribution in [2.75, 3.05) is 6.54 Å². The topological polar surface area (TPSA) is 85.6 Å². The van der Waals surface area contributed by atoms with Gasteiger partial charge in [-0.1, -0.05) is 30.3 Å². The molecule has 0 bridgehead atoms. The molecule has 1 aromatic heterocycles. The molecular formula is C20H18FNO5S. The van der Waals surface area contributed by atoms with Gasteiger partial charge in [0, 0.05) is 6.54 Å². The number of benzene rings is 2. The van der Waals surface area contributed by atoms with Crippen molar-refractivity contribution in [1.29, 1.82) is 0 Å². The zero-order valence-corrected chi connectivity index (χ0v) is 15.6. The van der Waals surface area contributed by atoms with E-state index in [2.05, 4.69) is 5.32 Å². The molecule has 28 heavy (non-hydrogen) atoms. The van der Waals surface area contributed by atoms with Gasteiger partial charge in [0.25, 0.3) is 0 Å². The summed E-state index contributed by atoms with van der Waals surface area (Å²) in [6.45, 7) is -0.205. The molecule has 0 saturated heterocycles. The molecule has 3 aromatic rings. The lowest BCUT2D eigenvalue weighted by Crippen LogP contribution is -2.32. The molecule has 6 nitrogen and oxygen atoms in total. The lowest BCUT2D eigenvalue weighted by molar-refractivity contribution is 0.139. The Bertz CT molecular complexity index is 1000. The SMILES string of the molecule is O=C(NC[C@H](c1ccco1)S(=O)(=O)c1ccc(F)cc1)OCc1ccccc1. The van der Waals surface area contributed by atoms with Gasteiger partial charge in [0.15, 0.2) is 9.84 Å². The molecule has 0 saturated carbocycles. The third-order valence-electron chi connectivity index (χ3n) is 4.02. The predicted molar refractivity (Wildman–Crippen MR) is 99.7 cm³/mol. The van der Waals surface area contributed by atoms with E-state index in [1.807, 2.05) is 18.2 Å². The predicted octanol–water partition coefficient (Wildman–Crippen LogP) is 3.86. The van der Waals surface area contributed by atoms with Crippen LogP contribution in [0.3, 0.4) is 0 Å². The Labute approximate surface area is 161 Å². The van der Waals surface area contributed by atoms with Gasteiger partial charge in [-0.25, -0.2) is 17.6 Å². The maximum absolute atomic E-state index is 13.1. The highest BCUT2D eigenvalue weighted by Crippen LogP contribution is 2.29. The van der Waals surface area contributed by atoms with Gasteiger partial charge in [-0.3, -0.25) is 0 Å². The molecule has 3 rings (SSSR count). The Morgan fingerprint density at radius 3 is 2.39 bits per heavy atom. The summed E-state index contributed by atoms with van der Waals surface area (Å²) in [5, 5.41) is 1.27. The minimum Gasteiger partial charge on any atom is -0.468 e. The van der Waals surface area contributed by atoms with E-state index in [9.17, 15) is 17.6 Å². The average molecular weight is 403 g/mol. The van der Waals surface area contributed by atoms with Crippen LogP contribution in [-0.2, 0) is 21.2 Å². The van der Waals surface area contributed by atoms with E-state index in [0.717, 1.165) is 17.7 Å². The number of furan rings is 1. The van der Waals surface area contributed by atoms with E-state index >= 15 is 0 Å². The molecule has 0 aliphatic rings. The number of nitrogens with one attached hydrogen (secondary N) is 1. The Morgan fingerprint density at radius 2 is 1.75 bits per heavy atom. The van der Waals surface area contributed by atoms with Crippen LogP contribution in [0, 0.1) is 5.82 Å². The van der Waals surface area contributed by atoms with Crippen LogP contribution in [0.25, 0.3) is 0 Å². The number of hydrogen-bond acceptors (Lipinski definition) is 5. The van der Waals surface area contributed by atoms with E-state index < -0.39 is 27.0 Å². The molecule has 0 spiro atoms. The zero-order valence-electron chi connectivity index (χ0n) is 14.7. The van der Waals surface area contributed by atoms with Crippen molar-refractivity contribution in [2.45, 2.75) is 16.8 Å². The van der Waals surface area contributed by atoms with E-state index in [0.29, 0.717) is 0 Å². The minimum absolute atomic E-state index is 0.0583. The van der Waals surface area contributed by atoms with Crippen molar-refractivity contribution < 1.29 is 26.8 Å². The molecule has 1 heterocycles. The van der Waals surface area contributed by atoms with E-state index in [4.69, 9.17) is 9.15 Å².